The van der Waals surface area contributed by atoms with E-state index >= 15 is 0 Å². The monoisotopic (exact) mass is 576 g/mol. The van der Waals surface area contributed by atoms with Crippen LogP contribution in [0.3, 0.4) is 0 Å². The van der Waals surface area contributed by atoms with E-state index in [9.17, 15) is 9.59 Å². The van der Waals surface area contributed by atoms with Gasteiger partial charge >= 0.3 is 0 Å². The summed E-state index contributed by atoms with van der Waals surface area (Å²) >= 11 is 20.4. The summed E-state index contributed by atoms with van der Waals surface area (Å²) in [6, 6.07) is 21.8. The first kappa shape index (κ1) is 29.4. The van der Waals surface area contributed by atoms with Gasteiger partial charge in [0.15, 0.2) is 0 Å². The smallest absolute Gasteiger partial charge is 0.243 e. The molecule has 0 spiro atoms. The van der Waals surface area contributed by atoms with Crippen LogP contribution in [0.1, 0.15) is 30.5 Å². The van der Waals surface area contributed by atoms with Crippen molar-refractivity contribution in [1.82, 2.24) is 10.2 Å². The van der Waals surface area contributed by atoms with Crippen LogP contribution in [0.15, 0.2) is 72.8 Å². The minimum atomic E-state index is -0.725. The third-order valence-electron chi connectivity index (χ3n) is 5.75. The predicted octanol–water partition coefficient (Wildman–Crippen LogP) is 7.29. The quantitative estimate of drug-likeness (QED) is 0.246. The Morgan fingerprint density at radius 3 is 2.14 bits per heavy atom. The molecule has 0 aliphatic rings. The van der Waals surface area contributed by atoms with Gasteiger partial charge in [0.1, 0.15) is 6.04 Å². The number of carbonyl (C=O) groups is 2. The van der Waals surface area contributed by atoms with Crippen molar-refractivity contribution in [3.8, 4) is 0 Å². The molecule has 1 N–H and O–H groups in total. The van der Waals surface area contributed by atoms with E-state index in [1.54, 1.807) is 23.1 Å². The number of rotatable bonds is 12. The molecule has 0 aromatic heterocycles. The summed E-state index contributed by atoms with van der Waals surface area (Å²) < 4.78 is 0. The zero-order valence-corrected chi connectivity index (χ0v) is 24.0. The lowest BCUT2D eigenvalue weighted by Gasteiger charge is -2.32. The molecule has 0 bridgehead atoms. The Morgan fingerprint density at radius 1 is 0.865 bits per heavy atom. The average Bonchev–Trinajstić information content (AvgIpc) is 2.88. The summed E-state index contributed by atoms with van der Waals surface area (Å²) in [4.78, 5) is 28.8. The fourth-order valence-electron chi connectivity index (χ4n) is 3.75. The van der Waals surface area contributed by atoms with Gasteiger partial charge in [-0.1, -0.05) is 97.2 Å². The fourth-order valence-corrected chi connectivity index (χ4v) is 5.26. The van der Waals surface area contributed by atoms with Crippen LogP contribution < -0.4 is 5.32 Å². The van der Waals surface area contributed by atoms with Crippen LogP contribution >= 0.6 is 46.6 Å². The average molecular weight is 578 g/mol. The molecule has 0 saturated carbocycles. The number of halogens is 3. The highest BCUT2D eigenvalue weighted by atomic mass is 35.5. The van der Waals surface area contributed by atoms with Crippen LogP contribution in [0.25, 0.3) is 0 Å². The molecule has 8 heteroatoms. The molecule has 0 saturated heterocycles. The summed E-state index contributed by atoms with van der Waals surface area (Å²) in [5, 5.41) is 4.61. The van der Waals surface area contributed by atoms with E-state index in [0.717, 1.165) is 11.1 Å². The highest BCUT2D eigenvalue weighted by Gasteiger charge is 2.31. The van der Waals surface area contributed by atoms with Crippen molar-refractivity contribution in [2.75, 3.05) is 12.3 Å². The van der Waals surface area contributed by atoms with E-state index < -0.39 is 6.04 Å². The molecule has 0 fully saturated rings. The molecule has 3 aromatic rings. The third kappa shape index (κ3) is 9.26. The van der Waals surface area contributed by atoms with Crippen LogP contribution in [-0.4, -0.2) is 35.1 Å². The molecular weight excluding hydrogens is 547 g/mol. The van der Waals surface area contributed by atoms with E-state index in [0.29, 0.717) is 39.3 Å². The molecule has 0 heterocycles. The summed E-state index contributed by atoms with van der Waals surface area (Å²) in [5.74, 6) is 0.769. The first-order chi connectivity index (χ1) is 17.7. The molecule has 2 amide bonds. The highest BCUT2D eigenvalue weighted by Crippen LogP contribution is 2.28. The van der Waals surface area contributed by atoms with Crippen molar-refractivity contribution in [3.05, 3.63) is 105 Å². The SMILES string of the molecule is CC(C)CNC(=O)[C@@H](Cc1ccccc1)N(Cc1c(Cl)cccc1Cl)C(=O)CSCc1ccc(Cl)cc1. The van der Waals surface area contributed by atoms with Crippen molar-refractivity contribution in [2.24, 2.45) is 5.92 Å². The van der Waals surface area contributed by atoms with E-state index in [-0.39, 0.29) is 30.0 Å². The largest absolute Gasteiger partial charge is 0.354 e. The zero-order valence-electron chi connectivity index (χ0n) is 20.9. The Hall–Kier alpha value is -2.18. The topological polar surface area (TPSA) is 49.4 Å². The second-order valence-corrected chi connectivity index (χ2v) is 11.4. The number of hydrogen-bond donors (Lipinski definition) is 1. The Balaban J connectivity index is 1.88. The van der Waals surface area contributed by atoms with Crippen molar-refractivity contribution in [3.63, 3.8) is 0 Å². The predicted molar refractivity (Wildman–Crippen MR) is 156 cm³/mol. The number of nitrogens with zero attached hydrogens (tertiary/aromatic N) is 1. The summed E-state index contributed by atoms with van der Waals surface area (Å²) in [5.41, 5.74) is 2.65. The number of nitrogens with one attached hydrogen (secondary N) is 1. The van der Waals surface area contributed by atoms with Crippen LogP contribution in [0.2, 0.25) is 15.1 Å². The third-order valence-corrected chi connectivity index (χ3v) is 7.70. The zero-order chi connectivity index (χ0) is 26.8. The first-order valence-electron chi connectivity index (χ1n) is 12.1. The molecule has 3 aromatic carbocycles. The number of benzene rings is 3. The lowest BCUT2D eigenvalue weighted by molar-refractivity contribution is -0.139. The molecule has 0 radical (unpaired) electrons. The summed E-state index contributed by atoms with van der Waals surface area (Å²) in [6.07, 6.45) is 0.375. The van der Waals surface area contributed by atoms with Gasteiger partial charge in [-0.25, -0.2) is 0 Å². The molecule has 1 atom stereocenters. The van der Waals surface area contributed by atoms with Gasteiger partial charge in [0, 0.05) is 45.9 Å². The van der Waals surface area contributed by atoms with E-state index in [1.807, 2.05) is 68.4 Å². The van der Waals surface area contributed by atoms with E-state index in [2.05, 4.69) is 5.32 Å². The van der Waals surface area contributed by atoms with Gasteiger partial charge < -0.3 is 10.2 Å². The molecular formula is C29H31Cl3N2O2S. The Morgan fingerprint density at radius 2 is 1.51 bits per heavy atom. The van der Waals surface area contributed by atoms with Crippen LogP contribution in [0.5, 0.6) is 0 Å². The maximum Gasteiger partial charge on any atom is 0.243 e. The maximum atomic E-state index is 13.7. The van der Waals surface area contributed by atoms with Crippen LogP contribution in [0, 0.1) is 5.92 Å². The lowest BCUT2D eigenvalue weighted by atomic mass is 10.0. The van der Waals surface area contributed by atoms with Crippen molar-refractivity contribution < 1.29 is 9.59 Å². The second kappa shape index (κ2) is 14.7. The summed E-state index contributed by atoms with van der Waals surface area (Å²) in [7, 11) is 0. The summed E-state index contributed by atoms with van der Waals surface area (Å²) in [6.45, 7) is 4.72. The van der Waals surface area contributed by atoms with Crippen LogP contribution in [0.4, 0.5) is 0 Å². The van der Waals surface area contributed by atoms with Crippen molar-refractivity contribution >= 4 is 58.4 Å². The van der Waals surface area contributed by atoms with E-state index in [1.165, 1.54) is 11.8 Å². The van der Waals surface area contributed by atoms with Gasteiger partial charge in [-0.3, -0.25) is 9.59 Å². The maximum absolute atomic E-state index is 13.7. The Labute approximate surface area is 238 Å². The fraction of sp³-hybridized carbons (Fsp3) is 0.310. The second-order valence-electron chi connectivity index (χ2n) is 9.19. The van der Waals surface area contributed by atoms with Gasteiger partial charge in [0.05, 0.1) is 5.75 Å². The standard InChI is InChI=1S/C29H31Cl3N2O2S/c1-20(2)16-33-29(36)27(15-21-7-4-3-5-8-21)34(17-24-25(31)9-6-10-26(24)32)28(35)19-37-18-22-11-13-23(30)14-12-22/h3-14,20,27H,15-19H2,1-2H3,(H,33,36)/t27-/m1/s1. The Bertz CT molecular complexity index is 1150. The first-order valence-corrected chi connectivity index (χ1v) is 14.4. The van der Waals surface area contributed by atoms with Gasteiger partial charge in [-0.2, -0.15) is 0 Å². The lowest BCUT2D eigenvalue weighted by Crippen LogP contribution is -2.51. The van der Waals surface area contributed by atoms with Gasteiger partial charge in [-0.15, -0.1) is 11.8 Å². The molecule has 0 aliphatic heterocycles. The number of carbonyl (C=O) groups excluding carboxylic acids is 2. The molecule has 0 unspecified atom stereocenters. The molecule has 3 rings (SSSR count). The highest BCUT2D eigenvalue weighted by molar-refractivity contribution is 7.99. The molecule has 196 valence electrons. The van der Waals surface area contributed by atoms with Crippen molar-refractivity contribution in [2.45, 2.75) is 38.6 Å². The molecule has 37 heavy (non-hydrogen) atoms. The van der Waals surface area contributed by atoms with E-state index in [4.69, 9.17) is 34.8 Å². The Kier molecular flexibility index (Phi) is 11.7. The number of thioether (sulfide) groups is 1. The number of hydrogen-bond acceptors (Lipinski definition) is 3. The van der Waals surface area contributed by atoms with Gasteiger partial charge in [-0.05, 0) is 41.3 Å². The normalized spacial score (nSPS) is 11.8. The number of amides is 2. The van der Waals surface area contributed by atoms with Gasteiger partial charge in [0.2, 0.25) is 11.8 Å². The van der Waals surface area contributed by atoms with Crippen LogP contribution in [-0.2, 0) is 28.3 Å². The molecule has 4 nitrogen and oxygen atoms in total. The van der Waals surface area contributed by atoms with Gasteiger partial charge in [0.25, 0.3) is 0 Å². The minimum Gasteiger partial charge on any atom is -0.354 e. The van der Waals surface area contributed by atoms with Crippen molar-refractivity contribution in [1.29, 1.82) is 0 Å². The molecule has 0 aliphatic carbocycles. The minimum absolute atomic E-state index is 0.130.